The lowest BCUT2D eigenvalue weighted by molar-refractivity contribution is 0.102. The number of carbonyl (C=O) groups excluding carboxylic acids is 1. The largest absolute Gasteiger partial charge is 0.486 e. The number of hydrogen-bond acceptors (Lipinski definition) is 8. The van der Waals surface area contributed by atoms with E-state index in [2.05, 4.69) is 22.4 Å². The SMILES string of the molecule is CCCNc1nnc(SCC(=O)c2ccc3c(c2)OCCO3)s1. The van der Waals surface area contributed by atoms with E-state index in [1.54, 1.807) is 18.2 Å². The van der Waals surface area contributed by atoms with Crippen LogP contribution in [0.15, 0.2) is 22.5 Å². The van der Waals surface area contributed by atoms with Gasteiger partial charge in [0.15, 0.2) is 21.6 Å². The molecule has 0 aliphatic carbocycles. The Morgan fingerprint density at radius 3 is 2.96 bits per heavy atom. The van der Waals surface area contributed by atoms with Crippen LogP contribution in [0.3, 0.4) is 0 Å². The van der Waals surface area contributed by atoms with Crippen molar-refractivity contribution in [1.29, 1.82) is 0 Å². The molecule has 1 N–H and O–H groups in total. The summed E-state index contributed by atoms with van der Waals surface area (Å²) in [5, 5.41) is 12.1. The maximum absolute atomic E-state index is 12.3. The van der Waals surface area contributed by atoms with Gasteiger partial charge < -0.3 is 14.8 Å². The predicted octanol–water partition coefficient (Wildman–Crippen LogP) is 3.11. The van der Waals surface area contributed by atoms with E-state index in [0.717, 1.165) is 22.4 Å². The van der Waals surface area contributed by atoms with E-state index >= 15 is 0 Å². The average molecular weight is 351 g/mol. The third-order valence-electron chi connectivity index (χ3n) is 3.12. The third kappa shape index (κ3) is 4.14. The number of carbonyl (C=O) groups is 1. The lowest BCUT2D eigenvalue weighted by atomic mass is 10.1. The number of nitrogens with one attached hydrogen (secondary N) is 1. The van der Waals surface area contributed by atoms with Crippen molar-refractivity contribution in [1.82, 2.24) is 10.2 Å². The van der Waals surface area contributed by atoms with Crippen LogP contribution in [0.4, 0.5) is 5.13 Å². The van der Waals surface area contributed by atoms with E-state index in [1.165, 1.54) is 23.1 Å². The Morgan fingerprint density at radius 2 is 2.13 bits per heavy atom. The van der Waals surface area contributed by atoms with Gasteiger partial charge in [-0.25, -0.2) is 0 Å². The average Bonchev–Trinajstić information content (AvgIpc) is 3.05. The number of anilines is 1. The van der Waals surface area contributed by atoms with Crippen LogP contribution in [0, 0.1) is 0 Å². The molecule has 0 fully saturated rings. The first-order valence-corrected chi connectivity index (χ1v) is 9.19. The molecule has 0 spiro atoms. The topological polar surface area (TPSA) is 73.3 Å². The smallest absolute Gasteiger partial charge is 0.206 e. The van der Waals surface area contributed by atoms with E-state index in [4.69, 9.17) is 9.47 Å². The summed E-state index contributed by atoms with van der Waals surface area (Å²) in [4.78, 5) is 12.3. The third-order valence-corrected chi connectivity index (χ3v) is 5.14. The van der Waals surface area contributed by atoms with Gasteiger partial charge in [0.25, 0.3) is 0 Å². The molecule has 8 heteroatoms. The molecular weight excluding hydrogens is 334 g/mol. The van der Waals surface area contributed by atoms with Gasteiger partial charge in [0, 0.05) is 12.1 Å². The van der Waals surface area contributed by atoms with Crippen molar-refractivity contribution in [2.45, 2.75) is 17.7 Å². The van der Waals surface area contributed by atoms with Crippen molar-refractivity contribution < 1.29 is 14.3 Å². The van der Waals surface area contributed by atoms with Crippen LogP contribution in [0.25, 0.3) is 0 Å². The van der Waals surface area contributed by atoms with Crippen molar-refractivity contribution in [3.63, 3.8) is 0 Å². The Bertz CT molecular complexity index is 690. The summed E-state index contributed by atoms with van der Waals surface area (Å²) in [7, 11) is 0. The lowest BCUT2D eigenvalue weighted by Crippen LogP contribution is -2.16. The van der Waals surface area contributed by atoms with Crippen LogP contribution in [0.1, 0.15) is 23.7 Å². The molecule has 122 valence electrons. The van der Waals surface area contributed by atoms with Gasteiger partial charge in [-0.15, -0.1) is 10.2 Å². The highest BCUT2D eigenvalue weighted by Gasteiger charge is 2.16. The van der Waals surface area contributed by atoms with E-state index in [-0.39, 0.29) is 5.78 Å². The van der Waals surface area contributed by atoms with Crippen LogP contribution in [-0.4, -0.2) is 41.5 Å². The first-order valence-electron chi connectivity index (χ1n) is 7.39. The second kappa shape index (κ2) is 7.65. The highest BCUT2D eigenvalue weighted by Crippen LogP contribution is 2.32. The van der Waals surface area contributed by atoms with Crippen molar-refractivity contribution in [2.24, 2.45) is 0 Å². The number of Topliss-reactive ketones (excluding diaryl/α,β-unsaturated/α-hetero) is 1. The maximum Gasteiger partial charge on any atom is 0.206 e. The molecule has 0 saturated heterocycles. The number of aromatic nitrogens is 2. The number of hydrogen-bond donors (Lipinski definition) is 1. The summed E-state index contributed by atoms with van der Waals surface area (Å²) < 4.78 is 11.7. The highest BCUT2D eigenvalue weighted by molar-refractivity contribution is 8.01. The number of thioether (sulfide) groups is 1. The quantitative estimate of drug-likeness (QED) is 0.607. The van der Waals surface area contributed by atoms with Crippen LogP contribution < -0.4 is 14.8 Å². The van der Waals surface area contributed by atoms with E-state index in [0.29, 0.717) is 36.0 Å². The summed E-state index contributed by atoms with van der Waals surface area (Å²) in [6.45, 7) is 4.02. The normalized spacial score (nSPS) is 12.9. The van der Waals surface area contributed by atoms with Crippen LogP contribution in [-0.2, 0) is 0 Å². The minimum Gasteiger partial charge on any atom is -0.486 e. The summed E-state index contributed by atoms with van der Waals surface area (Å²) in [5.74, 6) is 1.68. The van der Waals surface area contributed by atoms with Crippen molar-refractivity contribution >= 4 is 34.0 Å². The molecule has 6 nitrogen and oxygen atoms in total. The second-order valence-corrected chi connectivity index (χ2v) is 7.07. The van der Waals surface area contributed by atoms with Gasteiger partial charge in [0.05, 0.1) is 5.75 Å². The summed E-state index contributed by atoms with van der Waals surface area (Å²) >= 11 is 2.86. The molecule has 0 saturated carbocycles. The fourth-order valence-electron chi connectivity index (χ4n) is 2.00. The van der Waals surface area contributed by atoms with Gasteiger partial charge >= 0.3 is 0 Å². The molecule has 1 aliphatic heterocycles. The first kappa shape index (κ1) is 16.1. The fraction of sp³-hybridized carbons (Fsp3) is 0.400. The molecule has 0 bridgehead atoms. The molecule has 1 aromatic carbocycles. The molecule has 0 unspecified atom stereocenters. The molecule has 0 amide bonds. The number of rotatable bonds is 7. The Labute approximate surface area is 142 Å². The highest BCUT2D eigenvalue weighted by atomic mass is 32.2. The molecule has 1 aliphatic rings. The summed E-state index contributed by atoms with van der Waals surface area (Å²) in [5.41, 5.74) is 0.621. The van der Waals surface area contributed by atoms with Gasteiger partial charge in [-0.1, -0.05) is 30.0 Å². The van der Waals surface area contributed by atoms with Crippen molar-refractivity contribution in [2.75, 3.05) is 30.8 Å². The zero-order valence-corrected chi connectivity index (χ0v) is 14.3. The number of ether oxygens (including phenoxy) is 2. The van der Waals surface area contributed by atoms with E-state index in [1.807, 2.05) is 0 Å². The van der Waals surface area contributed by atoms with Crippen molar-refractivity contribution in [3.05, 3.63) is 23.8 Å². The van der Waals surface area contributed by atoms with Crippen LogP contribution >= 0.6 is 23.1 Å². The molecular formula is C15H17N3O3S2. The van der Waals surface area contributed by atoms with Gasteiger partial charge in [-0.05, 0) is 24.6 Å². The fourth-order valence-corrected chi connectivity index (χ4v) is 3.67. The number of ketones is 1. The summed E-state index contributed by atoms with van der Waals surface area (Å²) in [6, 6.07) is 5.29. The Hall–Kier alpha value is -1.80. The number of fused-ring (bicyclic) bond motifs is 1. The molecule has 0 atom stereocenters. The zero-order chi connectivity index (χ0) is 16.1. The van der Waals surface area contributed by atoms with E-state index in [9.17, 15) is 4.79 Å². The molecule has 3 rings (SSSR count). The van der Waals surface area contributed by atoms with Gasteiger partial charge in [0.2, 0.25) is 5.13 Å². The first-order chi connectivity index (χ1) is 11.3. The molecule has 1 aromatic heterocycles. The molecule has 23 heavy (non-hydrogen) atoms. The molecule has 2 aromatic rings. The van der Waals surface area contributed by atoms with Gasteiger partial charge in [0.1, 0.15) is 13.2 Å². The van der Waals surface area contributed by atoms with Gasteiger partial charge in [-0.2, -0.15) is 0 Å². The predicted molar refractivity (Wildman–Crippen MR) is 91.2 cm³/mol. The van der Waals surface area contributed by atoms with Gasteiger partial charge in [-0.3, -0.25) is 4.79 Å². The van der Waals surface area contributed by atoms with Crippen LogP contribution in [0.5, 0.6) is 11.5 Å². The Kier molecular flexibility index (Phi) is 5.35. The maximum atomic E-state index is 12.3. The Morgan fingerprint density at radius 1 is 1.30 bits per heavy atom. The standard InChI is InChI=1S/C15H17N3O3S2/c1-2-5-16-14-17-18-15(23-14)22-9-11(19)10-3-4-12-13(8-10)21-7-6-20-12/h3-4,8H,2,5-7,9H2,1H3,(H,16,17). The number of nitrogens with zero attached hydrogens (tertiary/aromatic N) is 2. The Balaban J connectivity index is 1.57. The second-order valence-electron chi connectivity index (χ2n) is 4.87. The zero-order valence-electron chi connectivity index (χ0n) is 12.7. The minimum absolute atomic E-state index is 0.0326. The monoisotopic (exact) mass is 351 g/mol. The van der Waals surface area contributed by atoms with Crippen LogP contribution in [0.2, 0.25) is 0 Å². The van der Waals surface area contributed by atoms with Crippen molar-refractivity contribution in [3.8, 4) is 11.5 Å². The minimum atomic E-state index is 0.0326. The molecule has 0 radical (unpaired) electrons. The number of benzene rings is 1. The van der Waals surface area contributed by atoms with E-state index < -0.39 is 0 Å². The lowest BCUT2D eigenvalue weighted by Gasteiger charge is -2.18. The molecule has 2 heterocycles. The summed E-state index contributed by atoms with van der Waals surface area (Å²) in [6.07, 6.45) is 1.03.